The van der Waals surface area contributed by atoms with Gasteiger partial charge in [-0.1, -0.05) is 24.3 Å². The van der Waals surface area contributed by atoms with Gasteiger partial charge >= 0.3 is 0 Å². The number of fused-ring (bicyclic) bond motifs is 4. The highest BCUT2D eigenvalue weighted by Gasteiger charge is 2.46. The highest BCUT2D eigenvalue weighted by molar-refractivity contribution is 5.50. The lowest BCUT2D eigenvalue weighted by atomic mass is 9.63. The molecule has 0 saturated carbocycles. The fourth-order valence-corrected chi connectivity index (χ4v) is 4.11. The number of hydrogen-bond donors (Lipinski definition) is 1. The van der Waals surface area contributed by atoms with Gasteiger partial charge < -0.3 is 4.74 Å². The quantitative estimate of drug-likeness (QED) is 0.682. The van der Waals surface area contributed by atoms with Crippen LogP contribution in [-0.4, -0.2) is 18.6 Å². The zero-order chi connectivity index (χ0) is 17.3. The molecule has 1 aromatic heterocycles. The molecule has 124 valence electrons. The average Bonchev–Trinajstić information content (AvgIpc) is 2.58. The fourth-order valence-electron chi connectivity index (χ4n) is 4.11. The molecule has 0 fully saturated rings. The number of hydrogen-bond acceptors (Lipinski definition) is 4. The minimum atomic E-state index is -0.315. The van der Waals surface area contributed by atoms with Crippen molar-refractivity contribution >= 4 is 0 Å². The molecule has 4 nitrogen and oxygen atoms in total. The molecular formula is C20H23N3O. The van der Waals surface area contributed by atoms with Gasteiger partial charge in [0.2, 0.25) is 5.88 Å². The second-order valence-electron chi connectivity index (χ2n) is 6.57. The number of rotatable bonds is 4. The van der Waals surface area contributed by atoms with Crippen molar-refractivity contribution in [2.24, 2.45) is 5.92 Å². The van der Waals surface area contributed by atoms with E-state index in [-0.39, 0.29) is 5.54 Å². The largest absolute Gasteiger partial charge is 0.481 e. The van der Waals surface area contributed by atoms with Gasteiger partial charge in [0.1, 0.15) is 0 Å². The number of pyridine rings is 1. The summed E-state index contributed by atoms with van der Waals surface area (Å²) in [5, 5.41) is 12.7. The molecule has 24 heavy (non-hydrogen) atoms. The van der Waals surface area contributed by atoms with E-state index in [0.717, 1.165) is 18.5 Å². The Kier molecular flexibility index (Phi) is 4.29. The van der Waals surface area contributed by atoms with Crippen molar-refractivity contribution in [3.8, 4) is 11.9 Å². The number of aromatic nitrogens is 1. The molecule has 0 amide bonds. The third-order valence-corrected chi connectivity index (χ3v) is 5.03. The molecule has 1 aromatic rings. The van der Waals surface area contributed by atoms with Crippen LogP contribution in [-0.2, 0) is 12.0 Å². The van der Waals surface area contributed by atoms with E-state index in [1.165, 1.54) is 16.7 Å². The van der Waals surface area contributed by atoms with Crippen LogP contribution in [0.3, 0.4) is 0 Å². The molecule has 0 aromatic carbocycles. The zero-order valence-electron chi connectivity index (χ0n) is 14.5. The Morgan fingerprint density at radius 1 is 1.58 bits per heavy atom. The van der Waals surface area contributed by atoms with Crippen molar-refractivity contribution < 1.29 is 4.74 Å². The highest BCUT2D eigenvalue weighted by Crippen LogP contribution is 2.49. The van der Waals surface area contributed by atoms with Gasteiger partial charge in [-0.05, 0) is 37.5 Å². The molecule has 3 rings (SSSR count). The third kappa shape index (κ3) is 2.55. The van der Waals surface area contributed by atoms with E-state index in [1.807, 2.05) is 6.07 Å². The summed E-state index contributed by atoms with van der Waals surface area (Å²) in [4.78, 5) is 4.69. The number of nitriles is 1. The number of nitrogens with zero attached hydrogens (tertiary/aromatic N) is 2. The van der Waals surface area contributed by atoms with Crippen molar-refractivity contribution in [2.75, 3.05) is 13.7 Å². The van der Waals surface area contributed by atoms with Gasteiger partial charge in [-0.15, -0.1) is 0 Å². The second kappa shape index (κ2) is 6.26. The molecule has 4 heteroatoms. The fraction of sp³-hybridized carbons (Fsp3) is 0.400. The molecule has 0 radical (unpaired) electrons. The summed E-state index contributed by atoms with van der Waals surface area (Å²) < 4.78 is 5.31. The Balaban J connectivity index is 2.14. The summed E-state index contributed by atoms with van der Waals surface area (Å²) >= 11 is 0. The molecule has 2 aliphatic rings. The van der Waals surface area contributed by atoms with Gasteiger partial charge in [-0.25, -0.2) is 4.98 Å². The van der Waals surface area contributed by atoms with Crippen molar-refractivity contribution in [2.45, 2.75) is 32.2 Å². The summed E-state index contributed by atoms with van der Waals surface area (Å²) in [5.41, 5.74) is 5.21. The van der Waals surface area contributed by atoms with Gasteiger partial charge in [-0.3, -0.25) is 5.32 Å². The van der Waals surface area contributed by atoms with Crippen LogP contribution in [0.2, 0.25) is 0 Å². The lowest BCUT2D eigenvalue weighted by Crippen LogP contribution is -2.51. The highest BCUT2D eigenvalue weighted by atomic mass is 16.5. The summed E-state index contributed by atoms with van der Waals surface area (Å²) in [6.45, 7) is 8.56. The first-order chi connectivity index (χ1) is 11.5. The topological polar surface area (TPSA) is 57.9 Å². The molecule has 2 atom stereocenters. The van der Waals surface area contributed by atoms with E-state index < -0.39 is 0 Å². The first-order valence-corrected chi connectivity index (χ1v) is 8.25. The predicted octanol–water partition coefficient (Wildman–Crippen LogP) is 3.42. The Morgan fingerprint density at radius 3 is 3.04 bits per heavy atom. The first-order valence-electron chi connectivity index (χ1n) is 8.25. The number of ether oxygens (including phenoxy) is 1. The van der Waals surface area contributed by atoms with Crippen LogP contribution in [0.5, 0.6) is 5.88 Å². The van der Waals surface area contributed by atoms with Crippen LogP contribution in [0.25, 0.3) is 0 Å². The van der Waals surface area contributed by atoms with E-state index in [2.05, 4.69) is 50.0 Å². The van der Waals surface area contributed by atoms with Crippen LogP contribution in [0.15, 0.2) is 47.6 Å². The number of nitrogens with one attached hydrogen (secondary N) is 1. The van der Waals surface area contributed by atoms with Crippen molar-refractivity contribution in [1.82, 2.24) is 10.3 Å². The maximum Gasteiger partial charge on any atom is 0.213 e. The summed E-state index contributed by atoms with van der Waals surface area (Å²) in [5.74, 6) is 0.978. The van der Waals surface area contributed by atoms with E-state index in [4.69, 9.17) is 15.0 Å². The average molecular weight is 321 g/mol. The van der Waals surface area contributed by atoms with Gasteiger partial charge in [0, 0.05) is 30.5 Å². The Hall–Kier alpha value is -2.38. The zero-order valence-corrected chi connectivity index (χ0v) is 14.5. The van der Waals surface area contributed by atoms with Gasteiger partial charge in [0.25, 0.3) is 0 Å². The Labute approximate surface area is 143 Å². The predicted molar refractivity (Wildman–Crippen MR) is 94.5 cm³/mol. The van der Waals surface area contributed by atoms with Crippen LogP contribution in [0.1, 0.15) is 31.5 Å². The molecule has 2 aliphatic carbocycles. The van der Waals surface area contributed by atoms with Crippen LogP contribution >= 0.6 is 0 Å². The molecule has 1 heterocycles. The molecule has 2 bridgehead atoms. The second-order valence-corrected chi connectivity index (χ2v) is 6.57. The Morgan fingerprint density at radius 2 is 2.38 bits per heavy atom. The monoisotopic (exact) mass is 321 g/mol. The summed E-state index contributed by atoms with van der Waals surface area (Å²) in [6.07, 6.45) is 6.32. The molecule has 0 saturated heterocycles. The maximum absolute atomic E-state index is 9.08. The van der Waals surface area contributed by atoms with Crippen molar-refractivity contribution in [1.29, 1.82) is 5.26 Å². The minimum Gasteiger partial charge on any atom is -0.481 e. The van der Waals surface area contributed by atoms with Gasteiger partial charge in [0.05, 0.1) is 24.4 Å². The molecular weight excluding hydrogens is 298 g/mol. The van der Waals surface area contributed by atoms with E-state index in [1.54, 1.807) is 7.11 Å². The lowest BCUT2D eigenvalue weighted by molar-refractivity contribution is 0.329. The molecule has 1 N–H and O–H groups in total. The van der Waals surface area contributed by atoms with Crippen LogP contribution in [0, 0.1) is 17.2 Å². The first kappa shape index (κ1) is 16.5. The third-order valence-electron chi connectivity index (χ3n) is 5.03. The van der Waals surface area contributed by atoms with Crippen LogP contribution in [0.4, 0.5) is 0 Å². The van der Waals surface area contributed by atoms with E-state index in [9.17, 15) is 0 Å². The number of allylic oxidation sites excluding steroid dienone is 2. The lowest BCUT2D eigenvalue weighted by Gasteiger charge is -2.48. The van der Waals surface area contributed by atoms with Crippen molar-refractivity contribution in [3.63, 3.8) is 0 Å². The minimum absolute atomic E-state index is 0.315. The summed E-state index contributed by atoms with van der Waals surface area (Å²) in [6, 6.07) is 6.17. The smallest absolute Gasteiger partial charge is 0.213 e. The van der Waals surface area contributed by atoms with Crippen LogP contribution < -0.4 is 10.1 Å². The summed E-state index contributed by atoms with van der Waals surface area (Å²) in [7, 11) is 1.64. The maximum atomic E-state index is 9.08. The standard InChI is InChI=1S/C20H23N3O/c1-5-16-15-8-13(2)10-20(16,22-12-14(3)11-21)17-6-7-19(24-4)23-18(17)9-15/h5-8,15,22H,3,9-10,12H2,1-2,4H3/t15-,20+/m0/s1. The van der Waals surface area contributed by atoms with E-state index >= 15 is 0 Å². The van der Waals surface area contributed by atoms with Gasteiger partial charge in [-0.2, -0.15) is 5.26 Å². The SMILES string of the molecule is C=C(C#N)CN[C@@]12CC(C)=C[C@@H](Cc3nc(OC)ccc31)C2=CC. The number of methoxy groups -OCH3 is 1. The Bertz CT molecular complexity index is 785. The van der Waals surface area contributed by atoms with Crippen molar-refractivity contribution in [3.05, 3.63) is 58.8 Å². The van der Waals surface area contributed by atoms with Gasteiger partial charge in [0.15, 0.2) is 0 Å². The normalized spacial score (nSPS) is 26.3. The molecule has 0 unspecified atom stereocenters. The van der Waals surface area contributed by atoms with E-state index in [0.29, 0.717) is 23.9 Å². The molecule has 0 spiro atoms. The molecule has 0 aliphatic heterocycles.